The maximum atomic E-state index is 13.6. The van der Waals surface area contributed by atoms with E-state index in [2.05, 4.69) is 24.5 Å². The van der Waals surface area contributed by atoms with Crippen LogP contribution in [0.2, 0.25) is 0 Å². The van der Waals surface area contributed by atoms with Gasteiger partial charge in [0.05, 0.1) is 12.5 Å². The number of rotatable bonds is 6. The molecular weight excluding hydrogens is 320 g/mol. The molecule has 0 aliphatic heterocycles. The number of carbonyl (C=O) groups is 1. The van der Waals surface area contributed by atoms with Crippen LogP contribution in [0.25, 0.3) is 0 Å². The number of carbonyl (C=O) groups excluding carboxylic acids is 1. The Bertz CT molecular complexity index is 797. The average Bonchev–Trinajstić information content (AvgIpc) is 3.06. The van der Waals surface area contributed by atoms with Gasteiger partial charge in [-0.3, -0.25) is 4.79 Å². The fourth-order valence-electron chi connectivity index (χ4n) is 3.28. The van der Waals surface area contributed by atoms with Crippen molar-refractivity contribution >= 4 is 5.91 Å². The van der Waals surface area contributed by atoms with Crippen LogP contribution in [0.4, 0.5) is 0 Å². The lowest BCUT2D eigenvalue weighted by atomic mass is 9.89. The van der Waals surface area contributed by atoms with E-state index >= 15 is 0 Å². The Hall–Kier alpha value is -2.81. The Labute approximate surface area is 155 Å². The molecule has 3 heteroatoms. The SMILES string of the molecule is CC(C)N(Cc1cccn1C)C(=O)C(c1ccccc1)c1ccccc1. The summed E-state index contributed by atoms with van der Waals surface area (Å²) < 4.78 is 2.07. The molecule has 0 saturated heterocycles. The molecule has 0 aliphatic carbocycles. The Morgan fingerprint density at radius 1 is 0.885 bits per heavy atom. The maximum Gasteiger partial charge on any atom is 0.235 e. The molecule has 0 bridgehead atoms. The van der Waals surface area contributed by atoms with Crippen LogP contribution in [-0.4, -0.2) is 21.4 Å². The number of aromatic nitrogens is 1. The molecule has 0 N–H and O–H groups in total. The first-order chi connectivity index (χ1) is 12.6. The summed E-state index contributed by atoms with van der Waals surface area (Å²) in [4.78, 5) is 15.6. The second-order valence-electron chi connectivity index (χ2n) is 6.92. The molecule has 0 atom stereocenters. The average molecular weight is 346 g/mol. The Morgan fingerprint density at radius 3 is 1.85 bits per heavy atom. The van der Waals surface area contributed by atoms with Crippen LogP contribution < -0.4 is 0 Å². The quantitative estimate of drug-likeness (QED) is 0.641. The molecule has 1 heterocycles. The van der Waals surface area contributed by atoms with Crippen molar-refractivity contribution in [3.8, 4) is 0 Å². The number of hydrogen-bond acceptors (Lipinski definition) is 1. The monoisotopic (exact) mass is 346 g/mol. The Morgan fingerprint density at radius 2 is 1.42 bits per heavy atom. The van der Waals surface area contributed by atoms with Crippen LogP contribution in [0.15, 0.2) is 79.0 Å². The molecule has 0 aliphatic rings. The fraction of sp³-hybridized carbons (Fsp3) is 0.261. The van der Waals surface area contributed by atoms with E-state index in [9.17, 15) is 4.79 Å². The molecule has 134 valence electrons. The van der Waals surface area contributed by atoms with Gasteiger partial charge in [-0.25, -0.2) is 0 Å². The number of nitrogens with zero attached hydrogens (tertiary/aromatic N) is 2. The minimum Gasteiger partial charge on any atom is -0.353 e. The summed E-state index contributed by atoms with van der Waals surface area (Å²) >= 11 is 0. The molecule has 0 spiro atoms. The Balaban J connectivity index is 1.98. The molecule has 0 fully saturated rings. The zero-order chi connectivity index (χ0) is 18.5. The molecule has 1 aromatic heterocycles. The van der Waals surface area contributed by atoms with Crippen LogP contribution in [0, 0.1) is 0 Å². The van der Waals surface area contributed by atoms with Crippen molar-refractivity contribution in [1.82, 2.24) is 9.47 Å². The minimum absolute atomic E-state index is 0.118. The second kappa shape index (κ2) is 8.05. The van der Waals surface area contributed by atoms with Gasteiger partial charge in [-0.2, -0.15) is 0 Å². The summed E-state index contributed by atoms with van der Waals surface area (Å²) in [7, 11) is 2.02. The Kier molecular flexibility index (Phi) is 5.57. The summed E-state index contributed by atoms with van der Waals surface area (Å²) in [6.45, 7) is 4.76. The van der Waals surface area contributed by atoms with E-state index in [4.69, 9.17) is 0 Å². The highest BCUT2D eigenvalue weighted by Crippen LogP contribution is 2.28. The van der Waals surface area contributed by atoms with Gasteiger partial charge in [0.15, 0.2) is 0 Å². The van der Waals surface area contributed by atoms with Gasteiger partial charge >= 0.3 is 0 Å². The first-order valence-electron chi connectivity index (χ1n) is 9.08. The highest BCUT2D eigenvalue weighted by atomic mass is 16.2. The van der Waals surface area contributed by atoms with Gasteiger partial charge in [0.25, 0.3) is 0 Å². The highest BCUT2D eigenvalue weighted by molar-refractivity contribution is 5.87. The van der Waals surface area contributed by atoms with Crippen molar-refractivity contribution in [3.05, 3.63) is 95.8 Å². The minimum atomic E-state index is -0.292. The third-order valence-electron chi connectivity index (χ3n) is 4.80. The molecule has 0 unspecified atom stereocenters. The van der Waals surface area contributed by atoms with E-state index in [1.54, 1.807) is 0 Å². The number of hydrogen-bond donors (Lipinski definition) is 0. The van der Waals surface area contributed by atoms with Crippen molar-refractivity contribution in [2.75, 3.05) is 0 Å². The molecule has 0 saturated carbocycles. The van der Waals surface area contributed by atoms with E-state index < -0.39 is 0 Å². The van der Waals surface area contributed by atoms with Crippen LogP contribution >= 0.6 is 0 Å². The largest absolute Gasteiger partial charge is 0.353 e. The van der Waals surface area contributed by atoms with Crippen molar-refractivity contribution in [3.63, 3.8) is 0 Å². The van der Waals surface area contributed by atoms with Crippen molar-refractivity contribution in [1.29, 1.82) is 0 Å². The summed E-state index contributed by atoms with van der Waals surface area (Å²) in [6, 6.07) is 24.3. The molecule has 2 aromatic carbocycles. The van der Waals surface area contributed by atoms with Gasteiger partial charge in [0.1, 0.15) is 0 Å². The summed E-state index contributed by atoms with van der Waals surface area (Å²) in [5.74, 6) is -0.154. The summed E-state index contributed by atoms with van der Waals surface area (Å²) in [5, 5.41) is 0. The molecule has 3 rings (SSSR count). The van der Waals surface area contributed by atoms with Crippen LogP contribution in [0.3, 0.4) is 0 Å². The fourth-order valence-corrected chi connectivity index (χ4v) is 3.28. The first-order valence-corrected chi connectivity index (χ1v) is 9.08. The third kappa shape index (κ3) is 3.88. The lowest BCUT2D eigenvalue weighted by molar-refractivity contribution is -0.134. The highest BCUT2D eigenvalue weighted by Gasteiger charge is 2.29. The second-order valence-corrected chi connectivity index (χ2v) is 6.92. The molecule has 0 radical (unpaired) electrons. The van der Waals surface area contributed by atoms with Crippen LogP contribution in [0.1, 0.15) is 36.6 Å². The number of amides is 1. The van der Waals surface area contributed by atoms with Gasteiger partial charge < -0.3 is 9.47 Å². The summed E-state index contributed by atoms with van der Waals surface area (Å²) in [6.07, 6.45) is 2.02. The summed E-state index contributed by atoms with van der Waals surface area (Å²) in [5.41, 5.74) is 3.19. The van der Waals surface area contributed by atoms with Gasteiger partial charge in [-0.05, 0) is 37.1 Å². The van der Waals surface area contributed by atoms with Crippen molar-refractivity contribution in [2.24, 2.45) is 7.05 Å². The molecule has 3 nitrogen and oxygen atoms in total. The number of benzene rings is 2. The molecule has 1 amide bonds. The van der Waals surface area contributed by atoms with E-state index in [0.29, 0.717) is 6.54 Å². The molecular formula is C23H26N2O. The smallest absolute Gasteiger partial charge is 0.235 e. The lowest BCUT2D eigenvalue weighted by Crippen LogP contribution is -2.40. The van der Waals surface area contributed by atoms with Gasteiger partial charge in [0, 0.05) is 25.0 Å². The van der Waals surface area contributed by atoms with E-state index in [1.807, 2.05) is 84.9 Å². The predicted octanol–water partition coefficient (Wildman–Crippen LogP) is 4.59. The van der Waals surface area contributed by atoms with Gasteiger partial charge in [-0.15, -0.1) is 0 Å². The number of aryl methyl sites for hydroxylation is 1. The predicted molar refractivity (Wildman–Crippen MR) is 106 cm³/mol. The van der Waals surface area contributed by atoms with Gasteiger partial charge in [0.2, 0.25) is 5.91 Å². The van der Waals surface area contributed by atoms with E-state index in [0.717, 1.165) is 16.8 Å². The van der Waals surface area contributed by atoms with Gasteiger partial charge in [-0.1, -0.05) is 60.7 Å². The zero-order valence-corrected chi connectivity index (χ0v) is 15.7. The van der Waals surface area contributed by atoms with E-state index in [-0.39, 0.29) is 17.9 Å². The zero-order valence-electron chi connectivity index (χ0n) is 15.7. The maximum absolute atomic E-state index is 13.6. The van der Waals surface area contributed by atoms with Crippen molar-refractivity contribution in [2.45, 2.75) is 32.4 Å². The normalized spacial score (nSPS) is 11.1. The molecule has 26 heavy (non-hydrogen) atoms. The van der Waals surface area contributed by atoms with E-state index in [1.165, 1.54) is 0 Å². The third-order valence-corrected chi connectivity index (χ3v) is 4.80. The van der Waals surface area contributed by atoms with Crippen molar-refractivity contribution < 1.29 is 4.79 Å². The first kappa shape index (κ1) is 18.0. The standard InChI is InChI=1S/C23H26N2O/c1-18(2)25(17-21-15-10-16-24(21)3)23(26)22(19-11-6-4-7-12-19)20-13-8-5-9-14-20/h4-16,18,22H,17H2,1-3H3. The molecule has 3 aromatic rings. The van der Waals surface area contributed by atoms with Crippen LogP contribution in [-0.2, 0) is 18.4 Å². The lowest BCUT2D eigenvalue weighted by Gasteiger charge is -2.31. The topological polar surface area (TPSA) is 25.2 Å². The van der Waals surface area contributed by atoms with Crippen LogP contribution in [0.5, 0.6) is 0 Å².